The average molecular weight is 274 g/mol. The molecular weight excluding hydrogens is 256 g/mol. The first-order valence-electron chi connectivity index (χ1n) is 6.89. The molecule has 0 radical (unpaired) electrons. The van der Waals surface area contributed by atoms with Gasteiger partial charge >= 0.3 is 5.97 Å². The van der Waals surface area contributed by atoms with E-state index in [1.165, 1.54) is 12.5 Å². The predicted molar refractivity (Wildman–Crippen MR) is 75.3 cm³/mol. The third-order valence-corrected chi connectivity index (χ3v) is 3.84. The second-order valence-electron chi connectivity index (χ2n) is 5.44. The van der Waals surface area contributed by atoms with Crippen LogP contribution in [0.2, 0.25) is 0 Å². The highest BCUT2D eigenvalue weighted by Crippen LogP contribution is 2.39. The van der Waals surface area contributed by atoms with Crippen LogP contribution in [0.3, 0.4) is 0 Å². The summed E-state index contributed by atoms with van der Waals surface area (Å²) < 4.78 is 16.4. The lowest BCUT2D eigenvalue weighted by Gasteiger charge is -2.16. The summed E-state index contributed by atoms with van der Waals surface area (Å²) in [5.74, 6) is 2.33. The van der Waals surface area contributed by atoms with Crippen LogP contribution in [0.5, 0.6) is 11.5 Å². The van der Waals surface area contributed by atoms with Crippen molar-refractivity contribution in [1.29, 1.82) is 0 Å². The summed E-state index contributed by atoms with van der Waals surface area (Å²) >= 11 is 0. The highest BCUT2D eigenvalue weighted by Gasteiger charge is 2.23. The van der Waals surface area contributed by atoms with Crippen molar-refractivity contribution in [2.24, 2.45) is 5.92 Å². The summed E-state index contributed by atoms with van der Waals surface area (Å²) in [5, 5.41) is 1.03. The maximum absolute atomic E-state index is 11.2. The summed E-state index contributed by atoms with van der Waals surface area (Å²) in [6.07, 6.45) is 3.14. The molecule has 1 aliphatic rings. The molecule has 2 aromatic rings. The Morgan fingerprint density at radius 2 is 2.15 bits per heavy atom. The molecular formula is C16H18O4. The summed E-state index contributed by atoms with van der Waals surface area (Å²) in [4.78, 5) is 11.2. The van der Waals surface area contributed by atoms with Crippen molar-refractivity contribution >= 4 is 16.9 Å². The van der Waals surface area contributed by atoms with E-state index in [4.69, 9.17) is 13.9 Å². The summed E-state index contributed by atoms with van der Waals surface area (Å²) in [6, 6.07) is 3.66. The smallest absolute Gasteiger partial charge is 0.308 e. The van der Waals surface area contributed by atoms with Crippen molar-refractivity contribution in [1.82, 2.24) is 0 Å². The fraction of sp³-hybridized carbons (Fsp3) is 0.438. The second kappa shape index (κ2) is 4.85. The van der Waals surface area contributed by atoms with Crippen molar-refractivity contribution in [3.8, 4) is 11.5 Å². The van der Waals surface area contributed by atoms with E-state index in [1.54, 1.807) is 13.2 Å². The fourth-order valence-electron chi connectivity index (χ4n) is 2.85. The molecule has 4 nitrogen and oxygen atoms in total. The number of esters is 1. The van der Waals surface area contributed by atoms with E-state index in [0.29, 0.717) is 17.4 Å². The topological polar surface area (TPSA) is 48.7 Å². The molecule has 1 heterocycles. The molecule has 0 N–H and O–H groups in total. The van der Waals surface area contributed by atoms with Gasteiger partial charge in [0.15, 0.2) is 11.5 Å². The van der Waals surface area contributed by atoms with Crippen LogP contribution in [-0.4, -0.2) is 13.1 Å². The first kappa shape index (κ1) is 13.0. The monoisotopic (exact) mass is 274 g/mol. The lowest BCUT2D eigenvalue weighted by atomic mass is 9.88. The fourth-order valence-corrected chi connectivity index (χ4v) is 2.85. The van der Waals surface area contributed by atoms with Gasteiger partial charge in [0.25, 0.3) is 0 Å². The van der Waals surface area contributed by atoms with Crippen LogP contribution in [0.25, 0.3) is 11.0 Å². The minimum atomic E-state index is -0.353. The molecule has 1 unspecified atom stereocenters. The van der Waals surface area contributed by atoms with Crippen LogP contribution in [0.15, 0.2) is 16.5 Å². The van der Waals surface area contributed by atoms with Crippen molar-refractivity contribution in [2.75, 3.05) is 7.11 Å². The molecule has 1 aromatic heterocycles. The number of hydrogen-bond acceptors (Lipinski definition) is 4. The van der Waals surface area contributed by atoms with Gasteiger partial charge in [0.1, 0.15) is 11.3 Å². The number of aryl methyl sites for hydroxylation is 1. The second-order valence-corrected chi connectivity index (χ2v) is 5.44. The number of carbonyl (C=O) groups is 1. The van der Waals surface area contributed by atoms with Crippen molar-refractivity contribution in [3.63, 3.8) is 0 Å². The number of hydrogen-bond donors (Lipinski definition) is 0. The third kappa shape index (κ3) is 2.15. The minimum absolute atomic E-state index is 0.353. The van der Waals surface area contributed by atoms with E-state index >= 15 is 0 Å². The number of furan rings is 1. The molecule has 0 amide bonds. The lowest BCUT2D eigenvalue weighted by molar-refractivity contribution is -0.132. The highest BCUT2D eigenvalue weighted by molar-refractivity contribution is 5.87. The van der Waals surface area contributed by atoms with Gasteiger partial charge in [0, 0.05) is 30.4 Å². The minimum Gasteiger partial charge on any atom is -0.493 e. The largest absolute Gasteiger partial charge is 0.493 e. The van der Waals surface area contributed by atoms with Crippen molar-refractivity contribution in [3.05, 3.63) is 23.5 Å². The van der Waals surface area contributed by atoms with Crippen LogP contribution in [-0.2, 0) is 17.6 Å². The van der Waals surface area contributed by atoms with E-state index in [9.17, 15) is 4.79 Å². The molecule has 4 heteroatoms. The number of rotatable bonds is 2. The van der Waals surface area contributed by atoms with Gasteiger partial charge in [0.2, 0.25) is 0 Å². The van der Waals surface area contributed by atoms with Gasteiger partial charge in [-0.15, -0.1) is 0 Å². The zero-order valence-electron chi connectivity index (χ0n) is 12.0. The van der Waals surface area contributed by atoms with Gasteiger partial charge in [-0.3, -0.25) is 4.79 Å². The Morgan fingerprint density at radius 1 is 1.35 bits per heavy atom. The zero-order chi connectivity index (χ0) is 14.3. The number of benzene rings is 1. The molecule has 0 aliphatic heterocycles. The summed E-state index contributed by atoms with van der Waals surface area (Å²) in [7, 11) is 1.55. The highest BCUT2D eigenvalue weighted by atomic mass is 16.6. The quantitative estimate of drug-likeness (QED) is 0.621. The summed E-state index contributed by atoms with van der Waals surface area (Å²) in [6.45, 7) is 3.62. The maximum Gasteiger partial charge on any atom is 0.308 e. The van der Waals surface area contributed by atoms with Gasteiger partial charge in [-0.25, -0.2) is 0 Å². The van der Waals surface area contributed by atoms with Gasteiger partial charge in [0.05, 0.1) is 7.11 Å². The first-order valence-corrected chi connectivity index (χ1v) is 6.89. The van der Waals surface area contributed by atoms with Gasteiger partial charge in [-0.2, -0.15) is 0 Å². The van der Waals surface area contributed by atoms with Crippen LogP contribution < -0.4 is 9.47 Å². The molecule has 0 saturated heterocycles. The Morgan fingerprint density at radius 3 is 2.85 bits per heavy atom. The van der Waals surface area contributed by atoms with E-state index in [-0.39, 0.29) is 5.97 Å². The Bertz CT molecular complexity index is 669. The summed E-state index contributed by atoms with van der Waals surface area (Å²) in [5.41, 5.74) is 2.05. The third-order valence-electron chi connectivity index (χ3n) is 3.84. The molecule has 20 heavy (non-hydrogen) atoms. The van der Waals surface area contributed by atoms with Crippen LogP contribution in [0, 0.1) is 5.92 Å². The Hall–Kier alpha value is -1.97. The Kier molecular flexibility index (Phi) is 3.16. The molecule has 1 aliphatic carbocycles. The molecule has 106 valence electrons. The maximum atomic E-state index is 11.2. The van der Waals surface area contributed by atoms with E-state index in [0.717, 1.165) is 36.0 Å². The van der Waals surface area contributed by atoms with Crippen LogP contribution >= 0.6 is 0 Å². The van der Waals surface area contributed by atoms with Gasteiger partial charge in [-0.05, 0) is 24.8 Å². The van der Waals surface area contributed by atoms with Gasteiger partial charge in [-0.1, -0.05) is 6.92 Å². The normalized spacial score (nSPS) is 17.9. The Labute approximate surface area is 117 Å². The Balaban J connectivity index is 2.14. The van der Waals surface area contributed by atoms with Crippen molar-refractivity contribution < 1.29 is 18.7 Å². The van der Waals surface area contributed by atoms with Crippen LogP contribution in [0.4, 0.5) is 0 Å². The van der Waals surface area contributed by atoms with Crippen molar-refractivity contribution in [2.45, 2.75) is 33.1 Å². The van der Waals surface area contributed by atoms with E-state index < -0.39 is 0 Å². The van der Waals surface area contributed by atoms with E-state index in [2.05, 4.69) is 6.92 Å². The molecule has 1 aromatic carbocycles. The van der Waals surface area contributed by atoms with Gasteiger partial charge < -0.3 is 13.9 Å². The molecule has 0 saturated carbocycles. The van der Waals surface area contributed by atoms with Crippen LogP contribution in [0.1, 0.15) is 31.6 Å². The number of carbonyl (C=O) groups excluding carboxylic acids is 1. The van der Waals surface area contributed by atoms with E-state index in [1.807, 2.05) is 6.07 Å². The first-order chi connectivity index (χ1) is 9.58. The number of ether oxygens (including phenoxy) is 2. The predicted octanol–water partition coefficient (Wildman–Crippen LogP) is 3.49. The molecule has 0 fully saturated rings. The molecule has 3 rings (SSSR count). The average Bonchev–Trinajstić information content (AvgIpc) is 2.73. The lowest BCUT2D eigenvalue weighted by Crippen LogP contribution is -2.09. The SMILES string of the molecule is COc1cc2oc3c(c2cc1OC(C)=O)CCC(C)C3. The standard InChI is InChI=1S/C16H18O4/c1-9-4-5-11-12-7-16(19-10(2)17)15(18-3)8-14(12)20-13(11)6-9/h7-9H,4-6H2,1-3H3. The molecule has 0 spiro atoms. The molecule has 1 atom stereocenters. The zero-order valence-corrected chi connectivity index (χ0v) is 12.0. The number of fused-ring (bicyclic) bond motifs is 3. The molecule has 0 bridgehead atoms. The number of methoxy groups -OCH3 is 1.